The van der Waals surface area contributed by atoms with Crippen LogP contribution in [0.25, 0.3) is 0 Å². The Kier molecular flexibility index (Phi) is 8.78. The van der Waals surface area contributed by atoms with Crippen LogP contribution >= 0.6 is 35.7 Å². The van der Waals surface area contributed by atoms with Crippen molar-refractivity contribution in [1.29, 1.82) is 0 Å². The fourth-order valence-electron chi connectivity index (χ4n) is 2.60. The van der Waals surface area contributed by atoms with Crippen LogP contribution in [0.5, 0.6) is 0 Å². The predicted molar refractivity (Wildman–Crippen MR) is 108 cm³/mol. The summed E-state index contributed by atoms with van der Waals surface area (Å²) in [4.78, 5) is 4.32. The average molecular weight is 453 g/mol. The van der Waals surface area contributed by atoms with E-state index in [1.165, 1.54) is 0 Å². The molecule has 1 atom stereocenters. The third-order valence-corrected chi connectivity index (χ3v) is 5.60. The highest BCUT2D eigenvalue weighted by Crippen LogP contribution is 2.32. The molecule has 132 valence electrons. The Morgan fingerprint density at radius 3 is 2.61 bits per heavy atom. The molecule has 0 bridgehead atoms. The molecule has 0 radical (unpaired) electrons. The van der Waals surface area contributed by atoms with Crippen LogP contribution < -0.4 is 10.6 Å². The Hall–Kier alpha value is -0.410. The molecule has 7 heteroatoms. The second kappa shape index (κ2) is 9.78. The maximum Gasteiger partial charge on any atom is 0.191 e. The standard InChI is InChI=1S/C16H27N3O2S.HI/c1-12-5-6-14(21-12)13(2)19-15(17-3)18-11-16(22-4)7-9-20-10-8-16;/h5-6,13H,7-11H2,1-4H3,(H2,17,18,19);1H. The van der Waals surface area contributed by atoms with E-state index >= 15 is 0 Å². The first kappa shape index (κ1) is 20.6. The SMILES string of the molecule is CN=C(NCC1(SC)CCOCC1)NC(C)c1ccc(C)o1.I. The molecular weight excluding hydrogens is 425 g/mol. The molecule has 1 unspecified atom stereocenters. The van der Waals surface area contributed by atoms with E-state index in [9.17, 15) is 0 Å². The quantitative estimate of drug-likeness (QED) is 0.407. The van der Waals surface area contributed by atoms with Crippen molar-refractivity contribution in [3.63, 3.8) is 0 Å². The van der Waals surface area contributed by atoms with Gasteiger partial charge >= 0.3 is 0 Å². The Balaban J connectivity index is 0.00000264. The van der Waals surface area contributed by atoms with E-state index in [0.29, 0.717) is 0 Å². The van der Waals surface area contributed by atoms with E-state index in [2.05, 4.69) is 28.8 Å². The lowest BCUT2D eigenvalue weighted by Crippen LogP contribution is -2.48. The summed E-state index contributed by atoms with van der Waals surface area (Å²) in [5.41, 5.74) is 0. The van der Waals surface area contributed by atoms with Crippen LogP contribution in [-0.4, -0.2) is 43.8 Å². The second-order valence-electron chi connectivity index (χ2n) is 5.74. The Morgan fingerprint density at radius 2 is 2.09 bits per heavy atom. The van der Waals surface area contributed by atoms with Crippen molar-refractivity contribution in [3.8, 4) is 0 Å². The molecule has 5 nitrogen and oxygen atoms in total. The summed E-state index contributed by atoms with van der Waals surface area (Å²) in [5.74, 6) is 2.66. The Morgan fingerprint density at radius 1 is 1.39 bits per heavy atom. The van der Waals surface area contributed by atoms with Gasteiger partial charge in [-0.3, -0.25) is 4.99 Å². The van der Waals surface area contributed by atoms with Crippen molar-refractivity contribution >= 4 is 41.7 Å². The number of aryl methyl sites for hydroxylation is 1. The van der Waals surface area contributed by atoms with Gasteiger partial charge < -0.3 is 19.8 Å². The summed E-state index contributed by atoms with van der Waals surface area (Å²) in [6.07, 6.45) is 4.33. The third-order valence-electron chi connectivity index (χ3n) is 4.18. The highest BCUT2D eigenvalue weighted by Gasteiger charge is 2.31. The highest BCUT2D eigenvalue weighted by molar-refractivity contribution is 14.0. The van der Waals surface area contributed by atoms with Crippen LogP contribution in [0, 0.1) is 6.92 Å². The smallest absolute Gasteiger partial charge is 0.191 e. The first-order valence-corrected chi connectivity index (χ1v) is 8.97. The fraction of sp³-hybridized carbons (Fsp3) is 0.688. The molecule has 2 rings (SSSR count). The van der Waals surface area contributed by atoms with E-state index in [4.69, 9.17) is 9.15 Å². The number of guanidine groups is 1. The van der Waals surface area contributed by atoms with Gasteiger partial charge in [-0.05, 0) is 45.1 Å². The van der Waals surface area contributed by atoms with Gasteiger partial charge in [0.25, 0.3) is 0 Å². The van der Waals surface area contributed by atoms with Crippen molar-refractivity contribution < 1.29 is 9.15 Å². The van der Waals surface area contributed by atoms with Crippen LogP contribution in [-0.2, 0) is 4.74 Å². The van der Waals surface area contributed by atoms with Gasteiger partial charge in [-0.1, -0.05) is 0 Å². The minimum absolute atomic E-state index is 0. The van der Waals surface area contributed by atoms with E-state index in [1.807, 2.05) is 30.8 Å². The number of halogens is 1. The summed E-state index contributed by atoms with van der Waals surface area (Å²) in [5, 5.41) is 6.84. The maximum atomic E-state index is 5.66. The lowest BCUT2D eigenvalue weighted by Gasteiger charge is -2.36. The van der Waals surface area contributed by atoms with E-state index in [1.54, 1.807) is 7.05 Å². The van der Waals surface area contributed by atoms with Crippen LogP contribution in [0.15, 0.2) is 21.5 Å². The van der Waals surface area contributed by atoms with Gasteiger partial charge in [0.05, 0.1) is 6.04 Å². The molecule has 2 N–H and O–H groups in total. The number of rotatable bonds is 5. The molecule has 0 aromatic carbocycles. The molecule has 2 heterocycles. The number of furan rings is 1. The van der Waals surface area contributed by atoms with Crippen molar-refractivity contribution in [2.24, 2.45) is 4.99 Å². The highest BCUT2D eigenvalue weighted by atomic mass is 127. The number of thioether (sulfide) groups is 1. The van der Waals surface area contributed by atoms with Gasteiger partial charge in [-0.15, -0.1) is 24.0 Å². The number of aliphatic imine (C=N–C) groups is 1. The zero-order chi connectivity index (χ0) is 16.0. The molecule has 23 heavy (non-hydrogen) atoms. The predicted octanol–water partition coefficient (Wildman–Crippen LogP) is 3.34. The van der Waals surface area contributed by atoms with E-state index in [0.717, 1.165) is 50.1 Å². The molecule has 0 saturated carbocycles. The monoisotopic (exact) mass is 453 g/mol. The van der Waals surface area contributed by atoms with Crippen LogP contribution in [0.2, 0.25) is 0 Å². The minimum Gasteiger partial charge on any atom is -0.464 e. The number of nitrogens with one attached hydrogen (secondary N) is 2. The lowest BCUT2D eigenvalue weighted by molar-refractivity contribution is 0.0782. The molecule has 1 saturated heterocycles. The topological polar surface area (TPSA) is 58.8 Å². The average Bonchev–Trinajstić information content (AvgIpc) is 2.98. The molecule has 1 aromatic rings. The number of ether oxygens (including phenoxy) is 1. The zero-order valence-electron chi connectivity index (χ0n) is 14.3. The van der Waals surface area contributed by atoms with Gasteiger partial charge in [0, 0.05) is 31.6 Å². The van der Waals surface area contributed by atoms with Crippen LogP contribution in [0.3, 0.4) is 0 Å². The summed E-state index contributed by atoms with van der Waals surface area (Å²) in [6.45, 7) is 6.61. The van der Waals surface area contributed by atoms with Crippen molar-refractivity contribution in [2.75, 3.05) is 33.1 Å². The molecular formula is C16H28IN3O2S. The molecule has 1 aromatic heterocycles. The number of hydrogen-bond acceptors (Lipinski definition) is 4. The number of hydrogen-bond donors (Lipinski definition) is 2. The summed E-state index contributed by atoms with van der Waals surface area (Å²) in [7, 11) is 1.80. The van der Waals surface area contributed by atoms with Crippen molar-refractivity contribution in [1.82, 2.24) is 10.6 Å². The van der Waals surface area contributed by atoms with E-state index in [-0.39, 0.29) is 34.8 Å². The zero-order valence-corrected chi connectivity index (χ0v) is 17.5. The largest absolute Gasteiger partial charge is 0.464 e. The van der Waals surface area contributed by atoms with E-state index < -0.39 is 0 Å². The van der Waals surface area contributed by atoms with Crippen LogP contribution in [0.1, 0.15) is 37.3 Å². The molecule has 0 spiro atoms. The Labute approximate surface area is 160 Å². The Bertz CT molecular complexity index is 501. The van der Waals surface area contributed by atoms with Gasteiger partial charge in [-0.25, -0.2) is 0 Å². The summed E-state index contributed by atoms with van der Waals surface area (Å²) < 4.78 is 11.4. The minimum atomic E-state index is 0. The van der Waals surface area contributed by atoms with Gasteiger partial charge in [-0.2, -0.15) is 11.8 Å². The van der Waals surface area contributed by atoms with Crippen molar-refractivity contribution in [2.45, 2.75) is 37.5 Å². The molecule has 0 aliphatic carbocycles. The number of nitrogens with zero attached hydrogens (tertiary/aromatic N) is 1. The van der Waals surface area contributed by atoms with Gasteiger partial charge in [0.1, 0.15) is 11.5 Å². The van der Waals surface area contributed by atoms with Gasteiger partial charge in [0.15, 0.2) is 5.96 Å². The maximum absolute atomic E-state index is 5.66. The second-order valence-corrected chi connectivity index (χ2v) is 7.01. The van der Waals surface area contributed by atoms with Crippen LogP contribution in [0.4, 0.5) is 0 Å². The first-order chi connectivity index (χ1) is 10.6. The molecule has 0 amide bonds. The lowest BCUT2D eigenvalue weighted by atomic mass is 9.99. The molecule has 1 aliphatic rings. The summed E-state index contributed by atoms with van der Waals surface area (Å²) in [6, 6.07) is 4.07. The normalized spacial score (nSPS) is 18.9. The third kappa shape index (κ3) is 5.86. The fourth-order valence-corrected chi connectivity index (χ4v) is 3.39. The van der Waals surface area contributed by atoms with Crippen molar-refractivity contribution in [3.05, 3.63) is 23.7 Å². The summed E-state index contributed by atoms with van der Waals surface area (Å²) >= 11 is 1.92. The molecule has 1 aliphatic heterocycles. The first-order valence-electron chi connectivity index (χ1n) is 7.75. The van der Waals surface area contributed by atoms with Gasteiger partial charge in [0.2, 0.25) is 0 Å². The molecule has 1 fully saturated rings.